The quantitative estimate of drug-likeness (QED) is 0.778. The molecular formula is C17H13FN4OS. The number of carbonyl (C=O) groups excluding carboxylic acids is 1. The molecule has 0 unspecified atom stereocenters. The molecule has 0 atom stereocenters. The lowest BCUT2D eigenvalue weighted by Gasteiger charge is -2.19. The summed E-state index contributed by atoms with van der Waals surface area (Å²) in [6.07, 6.45) is 1.16. The van der Waals surface area contributed by atoms with Crippen LogP contribution in [0.25, 0.3) is 11.3 Å². The molecule has 2 aromatic heterocycles. The SMILES string of the molecule is O=C1CN(c2ncc(F)c(-c3ccsc3)n2)Cc2ccccc2N1. The number of hydrogen-bond donors (Lipinski definition) is 1. The Morgan fingerprint density at radius 3 is 2.92 bits per heavy atom. The third-order valence-corrected chi connectivity index (χ3v) is 4.48. The lowest BCUT2D eigenvalue weighted by atomic mass is 10.2. The van der Waals surface area contributed by atoms with Gasteiger partial charge in [-0.25, -0.2) is 14.4 Å². The number of anilines is 2. The number of nitrogens with zero attached hydrogens (tertiary/aromatic N) is 3. The van der Waals surface area contributed by atoms with Gasteiger partial charge in [-0.1, -0.05) is 18.2 Å². The zero-order valence-corrected chi connectivity index (χ0v) is 13.4. The van der Waals surface area contributed by atoms with Gasteiger partial charge in [-0.05, 0) is 23.1 Å². The van der Waals surface area contributed by atoms with Crippen LogP contribution in [0, 0.1) is 5.82 Å². The van der Waals surface area contributed by atoms with Crippen molar-refractivity contribution in [2.45, 2.75) is 6.54 Å². The van der Waals surface area contributed by atoms with Gasteiger partial charge in [-0.15, -0.1) is 0 Å². The van der Waals surface area contributed by atoms with Gasteiger partial charge in [0.05, 0.1) is 6.20 Å². The van der Waals surface area contributed by atoms with E-state index in [-0.39, 0.29) is 18.1 Å². The molecule has 0 fully saturated rings. The summed E-state index contributed by atoms with van der Waals surface area (Å²) in [6, 6.07) is 9.40. The Labute approximate surface area is 141 Å². The molecule has 1 aliphatic rings. The van der Waals surface area contributed by atoms with Crippen LogP contribution in [0.3, 0.4) is 0 Å². The van der Waals surface area contributed by atoms with Crippen molar-refractivity contribution in [1.29, 1.82) is 0 Å². The first-order valence-corrected chi connectivity index (χ1v) is 8.33. The summed E-state index contributed by atoms with van der Waals surface area (Å²) >= 11 is 1.47. The van der Waals surface area contributed by atoms with E-state index >= 15 is 0 Å². The molecule has 1 aliphatic heterocycles. The zero-order chi connectivity index (χ0) is 16.5. The van der Waals surface area contributed by atoms with Crippen molar-refractivity contribution >= 4 is 28.9 Å². The molecule has 1 aromatic carbocycles. The molecule has 3 heterocycles. The Balaban J connectivity index is 1.73. The summed E-state index contributed by atoms with van der Waals surface area (Å²) in [7, 11) is 0. The van der Waals surface area contributed by atoms with Crippen LogP contribution in [-0.4, -0.2) is 22.4 Å². The van der Waals surface area contributed by atoms with Crippen molar-refractivity contribution < 1.29 is 9.18 Å². The Kier molecular flexibility index (Phi) is 3.70. The van der Waals surface area contributed by atoms with Crippen molar-refractivity contribution in [2.75, 3.05) is 16.8 Å². The number of rotatable bonds is 2. The number of para-hydroxylation sites is 1. The van der Waals surface area contributed by atoms with Crippen molar-refractivity contribution in [3.8, 4) is 11.3 Å². The van der Waals surface area contributed by atoms with Gasteiger partial charge in [0.1, 0.15) is 12.2 Å². The maximum atomic E-state index is 14.1. The summed E-state index contributed by atoms with van der Waals surface area (Å²) in [5, 5.41) is 6.57. The number of amides is 1. The van der Waals surface area contributed by atoms with Gasteiger partial charge < -0.3 is 10.2 Å². The summed E-state index contributed by atoms with van der Waals surface area (Å²) in [5.41, 5.74) is 2.71. The molecule has 4 rings (SSSR count). The van der Waals surface area contributed by atoms with Crippen LogP contribution < -0.4 is 10.2 Å². The zero-order valence-electron chi connectivity index (χ0n) is 12.6. The first kappa shape index (κ1) is 14.8. The van der Waals surface area contributed by atoms with Gasteiger partial charge in [0.15, 0.2) is 5.82 Å². The lowest BCUT2D eigenvalue weighted by molar-refractivity contribution is -0.114. The lowest BCUT2D eigenvalue weighted by Crippen LogP contribution is -2.31. The molecule has 24 heavy (non-hydrogen) atoms. The Bertz CT molecular complexity index is 897. The second kappa shape index (κ2) is 6.01. The van der Waals surface area contributed by atoms with Crippen LogP contribution in [0.1, 0.15) is 5.56 Å². The number of nitrogens with one attached hydrogen (secondary N) is 1. The average molecular weight is 340 g/mol. The molecule has 0 spiro atoms. The molecule has 1 N–H and O–H groups in total. The predicted octanol–water partition coefficient (Wildman–Crippen LogP) is 3.30. The summed E-state index contributed by atoms with van der Waals surface area (Å²) in [4.78, 5) is 22.3. The van der Waals surface area contributed by atoms with Crippen molar-refractivity contribution in [1.82, 2.24) is 9.97 Å². The summed E-state index contributed by atoms with van der Waals surface area (Å²) < 4.78 is 14.1. The molecule has 0 saturated heterocycles. The van der Waals surface area contributed by atoms with Crippen molar-refractivity contribution in [2.24, 2.45) is 0 Å². The summed E-state index contributed by atoms with van der Waals surface area (Å²) in [6.45, 7) is 0.590. The second-order valence-electron chi connectivity index (χ2n) is 5.44. The summed E-state index contributed by atoms with van der Waals surface area (Å²) in [5.74, 6) is -0.286. The number of hydrogen-bond acceptors (Lipinski definition) is 5. The fraction of sp³-hybridized carbons (Fsp3) is 0.118. The minimum absolute atomic E-state index is 0.114. The first-order chi connectivity index (χ1) is 11.7. The van der Waals surface area contributed by atoms with E-state index < -0.39 is 5.82 Å². The molecule has 0 radical (unpaired) electrons. The van der Waals surface area contributed by atoms with Crippen LogP contribution in [0.5, 0.6) is 0 Å². The van der Waals surface area contributed by atoms with Crippen LogP contribution in [0.15, 0.2) is 47.3 Å². The monoisotopic (exact) mass is 340 g/mol. The topological polar surface area (TPSA) is 58.1 Å². The van der Waals surface area contributed by atoms with E-state index in [1.54, 1.807) is 4.90 Å². The smallest absolute Gasteiger partial charge is 0.244 e. The van der Waals surface area contributed by atoms with E-state index in [4.69, 9.17) is 0 Å². The van der Waals surface area contributed by atoms with Crippen LogP contribution >= 0.6 is 11.3 Å². The molecular weight excluding hydrogens is 327 g/mol. The van der Waals surface area contributed by atoms with E-state index in [0.717, 1.165) is 17.4 Å². The molecule has 7 heteroatoms. The highest BCUT2D eigenvalue weighted by Gasteiger charge is 2.22. The van der Waals surface area contributed by atoms with Crippen LogP contribution in [0.4, 0.5) is 16.0 Å². The highest BCUT2D eigenvalue weighted by molar-refractivity contribution is 7.08. The second-order valence-corrected chi connectivity index (χ2v) is 6.22. The minimum atomic E-state index is -0.475. The molecule has 120 valence electrons. The highest BCUT2D eigenvalue weighted by atomic mass is 32.1. The Hall–Kier alpha value is -2.80. The van der Waals surface area contributed by atoms with E-state index in [1.165, 1.54) is 11.3 Å². The highest BCUT2D eigenvalue weighted by Crippen LogP contribution is 2.27. The number of aromatic nitrogens is 2. The molecule has 1 amide bonds. The van der Waals surface area contributed by atoms with E-state index in [9.17, 15) is 9.18 Å². The number of benzene rings is 1. The molecule has 3 aromatic rings. The van der Waals surface area contributed by atoms with Crippen molar-refractivity contribution in [3.63, 3.8) is 0 Å². The van der Waals surface area contributed by atoms with Gasteiger partial charge in [0, 0.05) is 23.2 Å². The maximum Gasteiger partial charge on any atom is 0.244 e. The van der Waals surface area contributed by atoms with Gasteiger partial charge in [0.25, 0.3) is 0 Å². The van der Waals surface area contributed by atoms with Gasteiger partial charge in [-0.3, -0.25) is 4.79 Å². The van der Waals surface area contributed by atoms with Crippen LogP contribution in [0.2, 0.25) is 0 Å². The van der Waals surface area contributed by atoms with Gasteiger partial charge in [-0.2, -0.15) is 11.3 Å². The largest absolute Gasteiger partial charge is 0.327 e. The first-order valence-electron chi connectivity index (χ1n) is 7.38. The third-order valence-electron chi connectivity index (χ3n) is 3.80. The fourth-order valence-electron chi connectivity index (χ4n) is 2.66. The third kappa shape index (κ3) is 2.74. The Morgan fingerprint density at radius 1 is 1.21 bits per heavy atom. The van der Waals surface area contributed by atoms with Crippen molar-refractivity contribution in [3.05, 3.63) is 58.7 Å². The number of fused-ring (bicyclic) bond motifs is 1. The molecule has 0 saturated carbocycles. The van der Waals surface area contributed by atoms with Gasteiger partial charge >= 0.3 is 0 Å². The molecule has 5 nitrogen and oxygen atoms in total. The molecule has 0 bridgehead atoms. The number of halogens is 1. The van der Waals surface area contributed by atoms with E-state index in [0.29, 0.717) is 18.1 Å². The normalized spacial score (nSPS) is 14.0. The fourth-order valence-corrected chi connectivity index (χ4v) is 3.30. The molecule has 0 aliphatic carbocycles. The van der Waals surface area contributed by atoms with E-state index in [1.807, 2.05) is 41.1 Å². The van der Waals surface area contributed by atoms with Gasteiger partial charge in [0.2, 0.25) is 11.9 Å². The minimum Gasteiger partial charge on any atom is -0.327 e. The standard InChI is InChI=1S/C17H13FN4OS/c18-13-7-19-17(21-16(13)12-5-6-24-10-12)22-8-11-3-1-2-4-14(11)20-15(23)9-22/h1-7,10H,8-9H2,(H,20,23). The number of thiophene rings is 1. The maximum absolute atomic E-state index is 14.1. The average Bonchev–Trinajstić information content (AvgIpc) is 3.05. The van der Waals surface area contributed by atoms with Crippen LogP contribution in [-0.2, 0) is 11.3 Å². The Morgan fingerprint density at radius 2 is 2.08 bits per heavy atom. The van der Waals surface area contributed by atoms with E-state index in [2.05, 4.69) is 15.3 Å². The predicted molar refractivity (Wildman–Crippen MR) is 91.4 cm³/mol. The number of carbonyl (C=O) groups is 1.